The van der Waals surface area contributed by atoms with Gasteiger partial charge in [-0.25, -0.2) is 0 Å². The van der Waals surface area contributed by atoms with Gasteiger partial charge in [0.15, 0.2) is 12.4 Å². The number of piperidine rings is 1. The number of pyridine rings is 1. The molecule has 6 nitrogen and oxygen atoms in total. The molecule has 1 spiro atoms. The molecule has 2 amide bonds. The molecule has 1 unspecified atom stereocenters. The number of carbonyl (C=O) groups excluding carboxylic acids is 2. The summed E-state index contributed by atoms with van der Waals surface area (Å²) in [6.45, 7) is 2.65. The van der Waals surface area contributed by atoms with Gasteiger partial charge in [-0.05, 0) is 37.7 Å². The largest absolute Gasteiger partial charge is 0.619 e. The van der Waals surface area contributed by atoms with E-state index in [4.69, 9.17) is 0 Å². The molecule has 0 N–H and O–H groups in total. The van der Waals surface area contributed by atoms with Crippen LogP contribution in [0.15, 0.2) is 54.9 Å². The van der Waals surface area contributed by atoms with Crippen LogP contribution in [0.25, 0.3) is 0 Å². The monoisotopic (exact) mass is 393 g/mol. The molecule has 0 saturated carbocycles. The van der Waals surface area contributed by atoms with Crippen molar-refractivity contribution in [3.63, 3.8) is 0 Å². The van der Waals surface area contributed by atoms with E-state index in [0.717, 1.165) is 45.2 Å². The van der Waals surface area contributed by atoms with Gasteiger partial charge in [-0.3, -0.25) is 9.59 Å². The van der Waals surface area contributed by atoms with Crippen molar-refractivity contribution in [2.75, 3.05) is 26.2 Å². The van der Waals surface area contributed by atoms with Crippen molar-refractivity contribution in [3.05, 3.63) is 71.2 Å². The number of likely N-dealkylation sites (tertiary alicyclic amines) is 2. The summed E-state index contributed by atoms with van der Waals surface area (Å²) in [5.41, 5.74) is 1.36. The summed E-state index contributed by atoms with van der Waals surface area (Å²) in [7, 11) is 0. The van der Waals surface area contributed by atoms with Gasteiger partial charge in [0, 0.05) is 38.3 Å². The molecule has 1 aromatic heterocycles. The van der Waals surface area contributed by atoms with Gasteiger partial charge in [0.05, 0.1) is 11.0 Å². The molecular weight excluding hydrogens is 366 g/mol. The molecule has 0 aliphatic carbocycles. The summed E-state index contributed by atoms with van der Waals surface area (Å²) in [5.74, 6) is 0.106. The molecule has 3 heterocycles. The van der Waals surface area contributed by atoms with E-state index in [2.05, 4.69) is 12.1 Å². The summed E-state index contributed by atoms with van der Waals surface area (Å²) >= 11 is 0. The Morgan fingerprint density at radius 1 is 1.07 bits per heavy atom. The number of amides is 2. The minimum Gasteiger partial charge on any atom is -0.619 e. The van der Waals surface area contributed by atoms with Crippen LogP contribution in [0.4, 0.5) is 0 Å². The topological polar surface area (TPSA) is 67.6 Å². The molecule has 0 radical (unpaired) electrons. The molecule has 2 aliphatic rings. The number of hydrogen-bond donors (Lipinski definition) is 0. The van der Waals surface area contributed by atoms with Crippen LogP contribution in [0.3, 0.4) is 0 Å². The quantitative estimate of drug-likeness (QED) is 0.579. The number of nitrogens with zero attached hydrogens (tertiary/aromatic N) is 3. The van der Waals surface area contributed by atoms with Crippen molar-refractivity contribution in [1.29, 1.82) is 0 Å². The highest BCUT2D eigenvalue weighted by Crippen LogP contribution is 2.40. The van der Waals surface area contributed by atoms with Gasteiger partial charge < -0.3 is 15.0 Å². The minimum atomic E-state index is -0.437. The lowest BCUT2D eigenvalue weighted by Gasteiger charge is -2.39. The van der Waals surface area contributed by atoms with E-state index < -0.39 is 5.41 Å². The molecule has 2 aliphatic heterocycles. The lowest BCUT2D eigenvalue weighted by Crippen LogP contribution is -2.50. The number of rotatable bonds is 5. The standard InChI is InChI=1S/C23H27N3O3/c27-21(20-9-15-26(29)16-10-20)25-17-12-23(18-25)11-5-14-24(22(23)28)13-4-8-19-6-2-1-3-7-19/h1-3,6-7,9-10,15-16H,4-5,8,11-14,17-18H2. The van der Waals surface area contributed by atoms with Gasteiger partial charge in [0.1, 0.15) is 0 Å². The first-order chi connectivity index (χ1) is 14.1. The third kappa shape index (κ3) is 4.11. The fourth-order valence-corrected chi connectivity index (χ4v) is 4.65. The zero-order valence-electron chi connectivity index (χ0n) is 16.6. The van der Waals surface area contributed by atoms with Gasteiger partial charge in [0.25, 0.3) is 5.91 Å². The minimum absolute atomic E-state index is 0.100. The Morgan fingerprint density at radius 2 is 1.83 bits per heavy atom. The second-order valence-electron chi connectivity index (χ2n) is 8.19. The first-order valence-electron chi connectivity index (χ1n) is 10.4. The Morgan fingerprint density at radius 3 is 2.59 bits per heavy atom. The fourth-order valence-electron chi connectivity index (χ4n) is 4.65. The molecule has 4 rings (SSSR count). The van der Waals surface area contributed by atoms with E-state index >= 15 is 0 Å². The summed E-state index contributed by atoms with van der Waals surface area (Å²) in [4.78, 5) is 29.9. The maximum absolute atomic E-state index is 13.3. The molecule has 0 bridgehead atoms. The van der Waals surface area contributed by atoms with Crippen LogP contribution in [-0.4, -0.2) is 47.8 Å². The summed E-state index contributed by atoms with van der Waals surface area (Å²) in [6, 6.07) is 13.4. The van der Waals surface area contributed by atoms with Crippen LogP contribution in [0.5, 0.6) is 0 Å². The first kappa shape index (κ1) is 19.4. The number of hydrogen-bond acceptors (Lipinski definition) is 3. The van der Waals surface area contributed by atoms with Gasteiger partial charge in [-0.2, -0.15) is 4.73 Å². The van der Waals surface area contributed by atoms with E-state index in [1.165, 1.54) is 18.0 Å². The van der Waals surface area contributed by atoms with Crippen molar-refractivity contribution in [2.24, 2.45) is 5.41 Å². The van der Waals surface area contributed by atoms with Crippen molar-refractivity contribution in [2.45, 2.75) is 32.1 Å². The van der Waals surface area contributed by atoms with Crippen LogP contribution < -0.4 is 4.73 Å². The van der Waals surface area contributed by atoms with E-state index in [-0.39, 0.29) is 11.8 Å². The molecule has 2 aromatic rings. The van der Waals surface area contributed by atoms with Gasteiger partial charge >= 0.3 is 0 Å². The average molecular weight is 393 g/mol. The highest BCUT2D eigenvalue weighted by molar-refractivity contribution is 5.95. The maximum Gasteiger partial charge on any atom is 0.254 e. The first-order valence-corrected chi connectivity index (χ1v) is 10.4. The molecular formula is C23H27N3O3. The summed E-state index contributed by atoms with van der Waals surface area (Å²) in [6.07, 6.45) is 7.14. The van der Waals surface area contributed by atoms with Crippen molar-refractivity contribution < 1.29 is 14.3 Å². The Labute approximate surface area is 171 Å². The molecule has 29 heavy (non-hydrogen) atoms. The molecule has 2 saturated heterocycles. The highest BCUT2D eigenvalue weighted by atomic mass is 16.5. The molecule has 6 heteroatoms. The number of carbonyl (C=O) groups is 2. The fraction of sp³-hybridized carbons (Fsp3) is 0.435. The van der Waals surface area contributed by atoms with Crippen molar-refractivity contribution >= 4 is 11.8 Å². The van der Waals surface area contributed by atoms with Crippen LogP contribution in [0, 0.1) is 10.6 Å². The predicted molar refractivity (Wildman–Crippen MR) is 109 cm³/mol. The zero-order valence-corrected chi connectivity index (χ0v) is 16.6. The second-order valence-corrected chi connectivity index (χ2v) is 8.19. The van der Waals surface area contributed by atoms with E-state index in [9.17, 15) is 14.8 Å². The van der Waals surface area contributed by atoms with Gasteiger partial charge in [-0.1, -0.05) is 30.3 Å². The zero-order chi connectivity index (χ0) is 20.3. The van der Waals surface area contributed by atoms with Gasteiger partial charge in [0.2, 0.25) is 5.91 Å². The molecule has 2 fully saturated rings. The Hall–Kier alpha value is -2.89. The number of aryl methyl sites for hydroxylation is 1. The maximum atomic E-state index is 13.3. The lowest BCUT2D eigenvalue weighted by atomic mass is 9.78. The smallest absolute Gasteiger partial charge is 0.254 e. The van der Waals surface area contributed by atoms with Crippen LogP contribution in [-0.2, 0) is 11.2 Å². The SMILES string of the molecule is O=C(c1cc[n+]([O-])cc1)N1CCC2(CCCN(CCCc3ccccc3)C2=O)C1. The highest BCUT2D eigenvalue weighted by Gasteiger charge is 2.49. The van der Waals surface area contributed by atoms with Crippen LogP contribution in [0.2, 0.25) is 0 Å². The van der Waals surface area contributed by atoms with Crippen molar-refractivity contribution in [3.8, 4) is 0 Å². The summed E-state index contributed by atoms with van der Waals surface area (Å²) < 4.78 is 0.667. The predicted octanol–water partition coefficient (Wildman–Crippen LogP) is 2.41. The Balaban J connectivity index is 1.37. The normalized spacial score (nSPS) is 21.7. The summed E-state index contributed by atoms with van der Waals surface area (Å²) in [5, 5.41) is 11.2. The molecule has 1 aromatic carbocycles. The third-order valence-electron chi connectivity index (χ3n) is 6.25. The van der Waals surface area contributed by atoms with Crippen molar-refractivity contribution in [1.82, 2.24) is 9.80 Å². The molecule has 152 valence electrons. The van der Waals surface area contributed by atoms with Crippen LogP contribution >= 0.6 is 0 Å². The Kier molecular flexibility index (Phi) is 5.51. The number of benzene rings is 1. The van der Waals surface area contributed by atoms with E-state index in [1.54, 1.807) is 17.0 Å². The average Bonchev–Trinajstić information content (AvgIpc) is 3.17. The lowest BCUT2D eigenvalue weighted by molar-refractivity contribution is -0.605. The number of aromatic nitrogens is 1. The van der Waals surface area contributed by atoms with Gasteiger partial charge in [-0.15, -0.1) is 0 Å². The van der Waals surface area contributed by atoms with E-state index in [1.807, 2.05) is 23.1 Å². The van der Waals surface area contributed by atoms with E-state index in [0.29, 0.717) is 23.4 Å². The van der Waals surface area contributed by atoms with Crippen LogP contribution in [0.1, 0.15) is 41.6 Å². The molecule has 1 atom stereocenters. The third-order valence-corrected chi connectivity index (χ3v) is 6.25. The Bertz CT molecular complexity index is 869. The second kappa shape index (κ2) is 8.23.